The molecule has 0 aromatic heterocycles. The van der Waals surface area contributed by atoms with E-state index in [1.165, 1.54) is 7.11 Å². The van der Waals surface area contributed by atoms with Crippen LogP contribution in [-0.4, -0.2) is 13.1 Å². The smallest absolute Gasteiger partial charge is 0.312 e. The van der Waals surface area contributed by atoms with Gasteiger partial charge in [0.15, 0.2) is 0 Å². The molecule has 0 saturated heterocycles. The molecule has 0 heterocycles. The van der Waals surface area contributed by atoms with Crippen molar-refractivity contribution in [3.8, 4) is 0 Å². The Labute approximate surface area is 67.2 Å². The first-order valence-electron chi connectivity index (χ1n) is 4.00. The molecule has 11 heavy (non-hydrogen) atoms. The average molecular weight is 154 g/mol. The van der Waals surface area contributed by atoms with Crippen LogP contribution in [0.2, 0.25) is 0 Å². The van der Waals surface area contributed by atoms with Gasteiger partial charge in [0.1, 0.15) is 0 Å². The summed E-state index contributed by atoms with van der Waals surface area (Å²) in [5.41, 5.74) is 0. The number of allylic oxidation sites excluding steroid dienone is 1. The molecule has 1 aliphatic rings. The van der Waals surface area contributed by atoms with E-state index in [1.54, 1.807) is 0 Å². The number of hydrogen-bond acceptors (Lipinski definition) is 2. The minimum Gasteiger partial charge on any atom is -0.469 e. The van der Waals surface area contributed by atoms with Gasteiger partial charge in [0, 0.05) is 0 Å². The summed E-state index contributed by atoms with van der Waals surface area (Å²) < 4.78 is 4.63. The summed E-state index contributed by atoms with van der Waals surface area (Å²) in [6.07, 6.45) is 6.08. The van der Waals surface area contributed by atoms with E-state index < -0.39 is 0 Å². The minimum absolute atomic E-state index is 0.0104. The molecule has 0 radical (unpaired) electrons. The Morgan fingerprint density at radius 2 is 2.18 bits per heavy atom. The molecular formula is C9H14O2. The highest BCUT2D eigenvalue weighted by atomic mass is 16.5. The van der Waals surface area contributed by atoms with Gasteiger partial charge in [0.2, 0.25) is 0 Å². The normalized spacial score (nSPS) is 30.0. The fourth-order valence-corrected chi connectivity index (χ4v) is 1.31. The number of ether oxygens (including phenoxy) is 1. The predicted octanol–water partition coefficient (Wildman–Crippen LogP) is 1.76. The quantitative estimate of drug-likeness (QED) is 0.425. The van der Waals surface area contributed by atoms with E-state index in [2.05, 4.69) is 17.7 Å². The number of hydrogen-bond donors (Lipinski definition) is 0. The average Bonchev–Trinajstić information content (AvgIpc) is 2.05. The monoisotopic (exact) mass is 154 g/mol. The topological polar surface area (TPSA) is 26.3 Å². The van der Waals surface area contributed by atoms with E-state index in [0.717, 1.165) is 12.8 Å². The summed E-state index contributed by atoms with van der Waals surface area (Å²) in [7, 11) is 1.44. The van der Waals surface area contributed by atoms with Crippen LogP contribution in [0.4, 0.5) is 0 Å². The predicted molar refractivity (Wildman–Crippen MR) is 43.0 cm³/mol. The van der Waals surface area contributed by atoms with Crippen LogP contribution in [0.5, 0.6) is 0 Å². The summed E-state index contributed by atoms with van der Waals surface area (Å²) >= 11 is 0. The van der Waals surface area contributed by atoms with E-state index in [1.807, 2.05) is 6.08 Å². The SMILES string of the molecule is COC(=O)[C@H]1C=C[C@@H](C)CC1. The fourth-order valence-electron chi connectivity index (χ4n) is 1.31. The molecule has 0 fully saturated rings. The molecule has 1 rings (SSSR count). The zero-order valence-electron chi connectivity index (χ0n) is 7.04. The Hall–Kier alpha value is -0.790. The lowest BCUT2D eigenvalue weighted by Gasteiger charge is -2.17. The summed E-state index contributed by atoms with van der Waals surface area (Å²) in [4.78, 5) is 11.0. The number of rotatable bonds is 1. The van der Waals surface area contributed by atoms with E-state index in [4.69, 9.17) is 0 Å². The number of carbonyl (C=O) groups excluding carboxylic acids is 1. The van der Waals surface area contributed by atoms with E-state index in [0.29, 0.717) is 5.92 Å². The van der Waals surface area contributed by atoms with Gasteiger partial charge in [-0.15, -0.1) is 0 Å². The molecular weight excluding hydrogens is 140 g/mol. The maximum atomic E-state index is 11.0. The molecule has 2 heteroatoms. The Morgan fingerprint density at radius 1 is 1.45 bits per heavy atom. The largest absolute Gasteiger partial charge is 0.469 e. The number of methoxy groups -OCH3 is 1. The van der Waals surface area contributed by atoms with Crippen molar-refractivity contribution in [2.75, 3.05) is 7.11 Å². The number of carbonyl (C=O) groups is 1. The minimum atomic E-state index is -0.104. The Balaban J connectivity index is 2.50. The number of esters is 1. The molecule has 0 aromatic carbocycles. The third-order valence-electron chi connectivity index (χ3n) is 2.11. The maximum Gasteiger partial charge on any atom is 0.312 e. The Morgan fingerprint density at radius 3 is 2.64 bits per heavy atom. The van der Waals surface area contributed by atoms with Gasteiger partial charge in [-0.25, -0.2) is 0 Å². The molecule has 2 nitrogen and oxygen atoms in total. The summed E-state index contributed by atoms with van der Waals surface area (Å²) in [5.74, 6) is 0.528. The Bertz CT molecular complexity index is 172. The van der Waals surface area contributed by atoms with Crippen molar-refractivity contribution in [1.82, 2.24) is 0 Å². The van der Waals surface area contributed by atoms with Crippen LogP contribution in [-0.2, 0) is 9.53 Å². The first-order valence-corrected chi connectivity index (χ1v) is 4.00. The van der Waals surface area contributed by atoms with Crippen LogP contribution < -0.4 is 0 Å². The molecule has 0 aliphatic heterocycles. The lowest BCUT2D eigenvalue weighted by molar-refractivity contribution is -0.144. The van der Waals surface area contributed by atoms with Crippen LogP contribution in [0.15, 0.2) is 12.2 Å². The summed E-state index contributed by atoms with van der Waals surface area (Å²) in [6.45, 7) is 2.16. The van der Waals surface area contributed by atoms with Crippen LogP contribution in [0, 0.1) is 11.8 Å². The van der Waals surface area contributed by atoms with Gasteiger partial charge in [-0.05, 0) is 18.8 Å². The van der Waals surface area contributed by atoms with E-state index in [9.17, 15) is 4.79 Å². The second-order valence-corrected chi connectivity index (χ2v) is 3.07. The molecule has 0 bridgehead atoms. The van der Waals surface area contributed by atoms with Gasteiger partial charge in [-0.1, -0.05) is 19.1 Å². The maximum absolute atomic E-state index is 11.0. The highest BCUT2D eigenvalue weighted by molar-refractivity contribution is 5.74. The zero-order valence-corrected chi connectivity index (χ0v) is 7.04. The Kier molecular flexibility index (Phi) is 2.69. The fraction of sp³-hybridized carbons (Fsp3) is 0.667. The van der Waals surface area contributed by atoms with Crippen molar-refractivity contribution in [2.24, 2.45) is 11.8 Å². The zero-order chi connectivity index (χ0) is 8.27. The van der Waals surface area contributed by atoms with Gasteiger partial charge in [-0.3, -0.25) is 4.79 Å². The van der Waals surface area contributed by atoms with Crippen molar-refractivity contribution in [3.63, 3.8) is 0 Å². The van der Waals surface area contributed by atoms with Crippen LogP contribution in [0.25, 0.3) is 0 Å². The van der Waals surface area contributed by atoms with Crippen molar-refractivity contribution >= 4 is 5.97 Å². The highest BCUT2D eigenvalue weighted by Crippen LogP contribution is 2.22. The van der Waals surface area contributed by atoms with Crippen molar-refractivity contribution in [3.05, 3.63) is 12.2 Å². The van der Waals surface area contributed by atoms with Gasteiger partial charge >= 0.3 is 5.97 Å². The summed E-state index contributed by atoms with van der Waals surface area (Å²) in [5, 5.41) is 0. The molecule has 0 saturated carbocycles. The first kappa shape index (κ1) is 8.31. The molecule has 0 spiro atoms. The third-order valence-corrected chi connectivity index (χ3v) is 2.11. The van der Waals surface area contributed by atoms with Crippen molar-refractivity contribution < 1.29 is 9.53 Å². The van der Waals surface area contributed by atoms with Crippen LogP contribution >= 0.6 is 0 Å². The van der Waals surface area contributed by atoms with Gasteiger partial charge < -0.3 is 4.74 Å². The first-order chi connectivity index (χ1) is 5.24. The van der Waals surface area contributed by atoms with Gasteiger partial charge in [-0.2, -0.15) is 0 Å². The molecule has 0 N–H and O–H groups in total. The molecule has 62 valence electrons. The standard InChI is InChI=1S/C9H14O2/c1-7-3-5-8(6-4-7)9(10)11-2/h3,5,7-8H,4,6H2,1-2H3/t7-,8+/m1/s1. The molecule has 1 aliphatic carbocycles. The lowest BCUT2D eigenvalue weighted by atomic mass is 9.90. The molecule has 2 atom stereocenters. The molecule has 0 aromatic rings. The highest BCUT2D eigenvalue weighted by Gasteiger charge is 2.19. The van der Waals surface area contributed by atoms with Gasteiger partial charge in [0.25, 0.3) is 0 Å². The van der Waals surface area contributed by atoms with E-state index >= 15 is 0 Å². The molecule has 0 unspecified atom stereocenters. The van der Waals surface area contributed by atoms with Crippen LogP contribution in [0.3, 0.4) is 0 Å². The van der Waals surface area contributed by atoms with Crippen LogP contribution in [0.1, 0.15) is 19.8 Å². The van der Waals surface area contributed by atoms with E-state index in [-0.39, 0.29) is 11.9 Å². The third kappa shape index (κ3) is 2.07. The van der Waals surface area contributed by atoms with Crippen molar-refractivity contribution in [1.29, 1.82) is 0 Å². The lowest BCUT2D eigenvalue weighted by Crippen LogP contribution is -2.17. The summed E-state index contributed by atoms with van der Waals surface area (Å²) in [6, 6.07) is 0. The van der Waals surface area contributed by atoms with Gasteiger partial charge in [0.05, 0.1) is 13.0 Å². The second-order valence-electron chi connectivity index (χ2n) is 3.07. The molecule has 0 amide bonds. The second kappa shape index (κ2) is 3.56. The van der Waals surface area contributed by atoms with Crippen molar-refractivity contribution in [2.45, 2.75) is 19.8 Å².